The van der Waals surface area contributed by atoms with E-state index < -0.39 is 0 Å². The molecule has 0 saturated heterocycles. The van der Waals surface area contributed by atoms with Gasteiger partial charge in [0.2, 0.25) is 0 Å². The quantitative estimate of drug-likeness (QED) is 0.640. The van der Waals surface area contributed by atoms with Crippen LogP contribution in [0.15, 0.2) is 24.3 Å². The number of hydrogen-bond donors (Lipinski definition) is 2. The van der Waals surface area contributed by atoms with Crippen LogP contribution in [0.2, 0.25) is 0 Å². The van der Waals surface area contributed by atoms with E-state index in [1.165, 1.54) is 5.69 Å². The van der Waals surface area contributed by atoms with Crippen molar-refractivity contribution in [2.45, 2.75) is 33.7 Å². The zero-order chi connectivity index (χ0) is 13.8. The Kier molecular flexibility index (Phi) is 4.10. The second kappa shape index (κ2) is 5.78. The van der Waals surface area contributed by atoms with E-state index in [2.05, 4.69) is 28.1 Å². The van der Waals surface area contributed by atoms with Crippen molar-refractivity contribution >= 4 is 11.4 Å². The van der Waals surface area contributed by atoms with Gasteiger partial charge in [0.25, 0.3) is 0 Å². The zero-order valence-corrected chi connectivity index (χ0v) is 11.9. The minimum absolute atomic E-state index is 0.841. The molecule has 1 aromatic heterocycles. The lowest BCUT2D eigenvalue weighted by Crippen LogP contribution is -2.10. The summed E-state index contributed by atoms with van der Waals surface area (Å²) in [5.74, 6) is 0. The number of nitrogen functional groups attached to an aromatic ring is 1. The van der Waals surface area contributed by atoms with Crippen molar-refractivity contribution in [3.63, 3.8) is 0 Å². The molecule has 0 saturated carbocycles. The van der Waals surface area contributed by atoms with Gasteiger partial charge in [-0.3, -0.25) is 4.68 Å². The van der Waals surface area contributed by atoms with Crippen LogP contribution >= 0.6 is 0 Å². The van der Waals surface area contributed by atoms with E-state index in [-0.39, 0.29) is 0 Å². The van der Waals surface area contributed by atoms with Crippen LogP contribution in [-0.4, -0.2) is 16.3 Å². The van der Waals surface area contributed by atoms with E-state index in [0.717, 1.165) is 42.1 Å². The highest BCUT2D eigenvalue weighted by molar-refractivity contribution is 5.69. The molecule has 1 heterocycles. The molecule has 2 rings (SSSR count). The first kappa shape index (κ1) is 13.5. The number of benzene rings is 1. The molecule has 102 valence electrons. The normalized spacial score (nSPS) is 10.7. The number of nitrogens with zero attached hydrogens (tertiary/aromatic N) is 2. The summed E-state index contributed by atoms with van der Waals surface area (Å²) in [6, 6.07) is 8.17. The van der Waals surface area contributed by atoms with Crippen LogP contribution in [0, 0.1) is 20.8 Å². The van der Waals surface area contributed by atoms with Gasteiger partial charge in [-0.1, -0.05) is 12.1 Å². The van der Waals surface area contributed by atoms with Crippen molar-refractivity contribution in [1.82, 2.24) is 9.78 Å². The zero-order valence-electron chi connectivity index (χ0n) is 11.9. The molecule has 0 atom stereocenters. The van der Waals surface area contributed by atoms with Crippen LogP contribution in [0.3, 0.4) is 0 Å². The minimum atomic E-state index is 0.841. The summed E-state index contributed by atoms with van der Waals surface area (Å²) in [5.41, 5.74) is 11.3. The average Bonchev–Trinajstić information content (AvgIpc) is 2.68. The number of aryl methyl sites for hydroxylation is 4. The van der Waals surface area contributed by atoms with Gasteiger partial charge in [0.15, 0.2) is 0 Å². The molecule has 0 aliphatic heterocycles. The molecular weight excluding hydrogens is 236 g/mol. The molecule has 0 aliphatic rings. The Hall–Kier alpha value is -1.97. The van der Waals surface area contributed by atoms with Gasteiger partial charge in [-0.2, -0.15) is 5.10 Å². The van der Waals surface area contributed by atoms with Crippen LogP contribution in [0.5, 0.6) is 0 Å². The summed E-state index contributed by atoms with van der Waals surface area (Å²) in [6.45, 7) is 7.96. The molecule has 3 N–H and O–H groups in total. The van der Waals surface area contributed by atoms with Crippen LogP contribution < -0.4 is 11.1 Å². The van der Waals surface area contributed by atoms with E-state index in [9.17, 15) is 0 Å². The van der Waals surface area contributed by atoms with Gasteiger partial charge < -0.3 is 11.1 Å². The Morgan fingerprint density at radius 3 is 2.74 bits per heavy atom. The summed E-state index contributed by atoms with van der Waals surface area (Å²) < 4.78 is 2.05. The molecule has 4 nitrogen and oxygen atoms in total. The number of hydrogen-bond acceptors (Lipinski definition) is 3. The Bertz CT molecular complexity index is 557. The molecule has 0 aliphatic carbocycles. The largest absolute Gasteiger partial charge is 0.397 e. The van der Waals surface area contributed by atoms with Crippen molar-refractivity contribution in [3.8, 4) is 0 Å². The summed E-state index contributed by atoms with van der Waals surface area (Å²) in [5, 5.41) is 7.83. The summed E-state index contributed by atoms with van der Waals surface area (Å²) in [7, 11) is 0. The maximum Gasteiger partial charge on any atom is 0.0596 e. The monoisotopic (exact) mass is 258 g/mol. The minimum Gasteiger partial charge on any atom is -0.397 e. The highest BCUT2D eigenvalue weighted by Crippen LogP contribution is 2.21. The molecule has 0 radical (unpaired) electrons. The number of rotatable bonds is 5. The SMILES string of the molecule is Cc1cc(C)n(CCCNc2cccc(C)c2N)n1. The van der Waals surface area contributed by atoms with E-state index in [0.29, 0.717) is 0 Å². The number of nitrogens with one attached hydrogen (secondary N) is 1. The topological polar surface area (TPSA) is 55.9 Å². The third-order valence-electron chi connectivity index (χ3n) is 3.29. The van der Waals surface area contributed by atoms with Crippen molar-refractivity contribution in [1.29, 1.82) is 0 Å². The summed E-state index contributed by atoms with van der Waals surface area (Å²) in [4.78, 5) is 0. The highest BCUT2D eigenvalue weighted by Gasteiger charge is 2.02. The fraction of sp³-hybridized carbons (Fsp3) is 0.400. The summed E-state index contributed by atoms with van der Waals surface area (Å²) in [6.07, 6.45) is 1.02. The molecule has 2 aromatic rings. The van der Waals surface area contributed by atoms with Gasteiger partial charge in [0.1, 0.15) is 0 Å². The van der Waals surface area contributed by atoms with Crippen molar-refractivity contribution in [2.75, 3.05) is 17.6 Å². The molecule has 4 heteroatoms. The first-order valence-corrected chi connectivity index (χ1v) is 6.68. The fourth-order valence-electron chi connectivity index (χ4n) is 2.19. The van der Waals surface area contributed by atoms with E-state index in [1.807, 2.05) is 32.0 Å². The maximum atomic E-state index is 6.02. The van der Waals surface area contributed by atoms with Crippen LogP contribution in [0.4, 0.5) is 11.4 Å². The van der Waals surface area contributed by atoms with Gasteiger partial charge in [0, 0.05) is 18.8 Å². The standard InChI is InChI=1S/C15H22N4/c1-11-6-4-7-14(15(11)16)17-8-5-9-19-13(3)10-12(2)18-19/h4,6-7,10,17H,5,8-9,16H2,1-3H3. The molecule has 1 aromatic carbocycles. The number of aromatic nitrogens is 2. The Labute approximate surface area is 114 Å². The van der Waals surface area contributed by atoms with Crippen molar-refractivity contribution in [2.24, 2.45) is 0 Å². The van der Waals surface area contributed by atoms with Gasteiger partial charge in [-0.05, 0) is 44.9 Å². The molecule has 0 spiro atoms. The van der Waals surface area contributed by atoms with Gasteiger partial charge in [-0.25, -0.2) is 0 Å². The number of anilines is 2. The van der Waals surface area contributed by atoms with Gasteiger partial charge in [0.05, 0.1) is 17.1 Å². The lowest BCUT2D eigenvalue weighted by Gasteiger charge is -2.11. The predicted molar refractivity (Wildman–Crippen MR) is 80.4 cm³/mol. The average molecular weight is 258 g/mol. The third kappa shape index (κ3) is 3.28. The molecule has 0 bridgehead atoms. The van der Waals surface area contributed by atoms with E-state index in [4.69, 9.17) is 5.73 Å². The van der Waals surface area contributed by atoms with E-state index >= 15 is 0 Å². The molecule has 0 fully saturated rings. The molecular formula is C15H22N4. The predicted octanol–water partition coefficient (Wildman–Crippen LogP) is 2.89. The molecule has 0 unspecified atom stereocenters. The lowest BCUT2D eigenvalue weighted by atomic mass is 10.1. The van der Waals surface area contributed by atoms with Crippen molar-refractivity contribution < 1.29 is 0 Å². The first-order valence-electron chi connectivity index (χ1n) is 6.68. The van der Waals surface area contributed by atoms with Crippen LogP contribution in [-0.2, 0) is 6.54 Å². The summed E-state index contributed by atoms with van der Waals surface area (Å²) >= 11 is 0. The Balaban J connectivity index is 1.84. The fourth-order valence-corrected chi connectivity index (χ4v) is 2.19. The van der Waals surface area contributed by atoms with Gasteiger partial charge >= 0.3 is 0 Å². The smallest absolute Gasteiger partial charge is 0.0596 e. The van der Waals surface area contributed by atoms with Crippen LogP contribution in [0.1, 0.15) is 23.4 Å². The van der Waals surface area contributed by atoms with E-state index in [1.54, 1.807) is 0 Å². The highest BCUT2D eigenvalue weighted by atomic mass is 15.3. The lowest BCUT2D eigenvalue weighted by molar-refractivity contribution is 0.574. The maximum absolute atomic E-state index is 6.02. The van der Waals surface area contributed by atoms with Gasteiger partial charge in [-0.15, -0.1) is 0 Å². The second-order valence-electron chi connectivity index (χ2n) is 4.97. The Morgan fingerprint density at radius 2 is 2.05 bits per heavy atom. The second-order valence-corrected chi connectivity index (χ2v) is 4.97. The van der Waals surface area contributed by atoms with Crippen LogP contribution in [0.25, 0.3) is 0 Å². The molecule has 0 amide bonds. The third-order valence-corrected chi connectivity index (χ3v) is 3.29. The number of para-hydroxylation sites is 1. The number of nitrogens with two attached hydrogens (primary N) is 1. The first-order chi connectivity index (χ1) is 9.08. The van der Waals surface area contributed by atoms with Crippen molar-refractivity contribution in [3.05, 3.63) is 41.2 Å². The molecule has 19 heavy (non-hydrogen) atoms. The Morgan fingerprint density at radius 1 is 1.26 bits per heavy atom.